The highest BCUT2D eigenvalue weighted by atomic mass is 16.2. The van der Waals surface area contributed by atoms with E-state index in [1.54, 1.807) is 5.56 Å². The van der Waals surface area contributed by atoms with Gasteiger partial charge in [0.1, 0.15) is 0 Å². The Morgan fingerprint density at radius 1 is 1.32 bits per heavy atom. The summed E-state index contributed by atoms with van der Waals surface area (Å²) < 4.78 is 0. The Labute approximate surface area is 113 Å². The van der Waals surface area contributed by atoms with Gasteiger partial charge in [-0.15, -0.1) is 0 Å². The Hall–Kier alpha value is -1.51. The summed E-state index contributed by atoms with van der Waals surface area (Å²) in [4.78, 5) is 11.7. The zero-order chi connectivity index (χ0) is 12.9. The van der Waals surface area contributed by atoms with E-state index < -0.39 is 0 Å². The standard InChI is InChI=1S/C16H20N2O/c19-15(18-13-5-6-13)17-10-12-9-16(12)8-7-11-3-1-2-4-14(11)16/h1-4,12-13H,5-10H2,(H2,17,18,19)/t12-,16+/m1/s1. The molecule has 2 N–H and O–H groups in total. The largest absolute Gasteiger partial charge is 0.338 e. The molecule has 0 aliphatic heterocycles. The fraction of sp³-hybridized carbons (Fsp3) is 0.562. The van der Waals surface area contributed by atoms with Crippen LogP contribution >= 0.6 is 0 Å². The number of urea groups is 1. The molecular formula is C16H20N2O. The molecule has 2 atom stereocenters. The molecule has 3 nitrogen and oxygen atoms in total. The lowest BCUT2D eigenvalue weighted by Crippen LogP contribution is -2.38. The molecular weight excluding hydrogens is 236 g/mol. The number of amides is 2. The predicted octanol–water partition coefficient (Wildman–Crippen LogP) is 2.35. The van der Waals surface area contributed by atoms with Gasteiger partial charge in [0.2, 0.25) is 0 Å². The third kappa shape index (κ3) is 1.92. The first kappa shape index (κ1) is 11.3. The van der Waals surface area contributed by atoms with Crippen LogP contribution < -0.4 is 10.6 Å². The van der Waals surface area contributed by atoms with Crippen molar-refractivity contribution in [1.29, 1.82) is 0 Å². The van der Waals surface area contributed by atoms with Crippen molar-refractivity contribution in [2.45, 2.75) is 43.6 Å². The quantitative estimate of drug-likeness (QED) is 0.856. The topological polar surface area (TPSA) is 41.1 Å². The number of hydrogen-bond acceptors (Lipinski definition) is 1. The maximum Gasteiger partial charge on any atom is 0.315 e. The normalized spacial score (nSPS) is 31.1. The van der Waals surface area contributed by atoms with Crippen molar-refractivity contribution in [3.8, 4) is 0 Å². The van der Waals surface area contributed by atoms with Gasteiger partial charge >= 0.3 is 6.03 Å². The Balaban J connectivity index is 1.37. The van der Waals surface area contributed by atoms with Gasteiger partial charge in [0.25, 0.3) is 0 Å². The van der Waals surface area contributed by atoms with Crippen molar-refractivity contribution < 1.29 is 4.79 Å². The average molecular weight is 256 g/mol. The van der Waals surface area contributed by atoms with Crippen molar-refractivity contribution in [2.75, 3.05) is 6.54 Å². The van der Waals surface area contributed by atoms with E-state index in [1.165, 1.54) is 24.8 Å². The molecule has 0 unspecified atom stereocenters. The van der Waals surface area contributed by atoms with E-state index in [0.29, 0.717) is 17.4 Å². The Morgan fingerprint density at radius 2 is 2.16 bits per heavy atom. The maximum absolute atomic E-state index is 11.7. The van der Waals surface area contributed by atoms with Crippen LogP contribution in [0.2, 0.25) is 0 Å². The second kappa shape index (κ2) is 3.99. The lowest BCUT2D eigenvalue weighted by atomic mass is 9.95. The summed E-state index contributed by atoms with van der Waals surface area (Å²) in [6.07, 6.45) is 6.01. The summed E-state index contributed by atoms with van der Waals surface area (Å²) >= 11 is 0. The van der Waals surface area contributed by atoms with Crippen molar-refractivity contribution >= 4 is 6.03 Å². The summed E-state index contributed by atoms with van der Waals surface area (Å²) in [6, 6.07) is 9.29. The van der Waals surface area contributed by atoms with Crippen molar-refractivity contribution in [3.63, 3.8) is 0 Å². The van der Waals surface area contributed by atoms with Crippen LogP contribution in [0.5, 0.6) is 0 Å². The summed E-state index contributed by atoms with van der Waals surface area (Å²) in [5.41, 5.74) is 3.46. The van der Waals surface area contributed by atoms with Crippen LogP contribution in [0.1, 0.15) is 36.8 Å². The number of rotatable bonds is 3. The predicted molar refractivity (Wildman–Crippen MR) is 74.1 cm³/mol. The van der Waals surface area contributed by atoms with Gasteiger partial charge in [-0.1, -0.05) is 24.3 Å². The number of carbonyl (C=O) groups excluding carboxylic acids is 1. The Bertz CT molecular complexity index is 523. The fourth-order valence-electron chi connectivity index (χ4n) is 3.68. The fourth-order valence-corrected chi connectivity index (χ4v) is 3.68. The first-order chi connectivity index (χ1) is 9.28. The van der Waals surface area contributed by atoms with E-state index in [1.807, 2.05) is 0 Å². The maximum atomic E-state index is 11.7. The number of fused-ring (bicyclic) bond motifs is 2. The summed E-state index contributed by atoms with van der Waals surface area (Å²) in [5.74, 6) is 0.640. The van der Waals surface area contributed by atoms with Crippen LogP contribution in [0.25, 0.3) is 0 Å². The minimum atomic E-state index is 0.0239. The van der Waals surface area contributed by atoms with Crippen molar-refractivity contribution in [2.24, 2.45) is 5.92 Å². The molecule has 2 amide bonds. The molecule has 2 fully saturated rings. The number of carbonyl (C=O) groups is 1. The second-order valence-electron chi connectivity index (χ2n) is 6.34. The van der Waals surface area contributed by atoms with Crippen molar-refractivity contribution in [1.82, 2.24) is 10.6 Å². The lowest BCUT2D eigenvalue weighted by molar-refractivity contribution is 0.239. The highest BCUT2D eigenvalue weighted by Gasteiger charge is 2.57. The molecule has 19 heavy (non-hydrogen) atoms. The van der Waals surface area contributed by atoms with Gasteiger partial charge in [0, 0.05) is 18.0 Å². The van der Waals surface area contributed by atoms with Crippen LogP contribution in [0.15, 0.2) is 24.3 Å². The van der Waals surface area contributed by atoms with E-state index in [0.717, 1.165) is 19.4 Å². The van der Waals surface area contributed by atoms with Crippen LogP contribution in [-0.4, -0.2) is 18.6 Å². The minimum absolute atomic E-state index is 0.0239. The molecule has 3 heteroatoms. The van der Waals surface area contributed by atoms with E-state index in [9.17, 15) is 4.79 Å². The first-order valence-electron chi connectivity index (χ1n) is 7.41. The van der Waals surface area contributed by atoms with E-state index >= 15 is 0 Å². The number of benzene rings is 1. The zero-order valence-corrected chi connectivity index (χ0v) is 11.1. The van der Waals surface area contributed by atoms with Crippen LogP contribution in [0.3, 0.4) is 0 Å². The monoisotopic (exact) mass is 256 g/mol. The molecule has 0 aromatic heterocycles. The van der Waals surface area contributed by atoms with Gasteiger partial charge in [0.15, 0.2) is 0 Å². The molecule has 1 spiro atoms. The molecule has 3 aliphatic carbocycles. The Kier molecular flexibility index (Phi) is 2.38. The molecule has 100 valence electrons. The average Bonchev–Trinajstić information content (AvgIpc) is 3.30. The molecule has 0 bridgehead atoms. The van der Waals surface area contributed by atoms with E-state index in [-0.39, 0.29) is 6.03 Å². The van der Waals surface area contributed by atoms with Gasteiger partial charge in [-0.05, 0) is 49.1 Å². The summed E-state index contributed by atoms with van der Waals surface area (Å²) in [5, 5.41) is 6.03. The number of nitrogens with one attached hydrogen (secondary N) is 2. The smallest absolute Gasteiger partial charge is 0.315 e. The van der Waals surface area contributed by atoms with E-state index in [2.05, 4.69) is 34.9 Å². The van der Waals surface area contributed by atoms with Crippen LogP contribution in [0, 0.1) is 5.92 Å². The molecule has 1 aromatic rings. The first-order valence-corrected chi connectivity index (χ1v) is 7.41. The van der Waals surface area contributed by atoms with Gasteiger partial charge < -0.3 is 10.6 Å². The molecule has 3 aliphatic rings. The zero-order valence-electron chi connectivity index (χ0n) is 11.1. The van der Waals surface area contributed by atoms with Crippen LogP contribution in [0.4, 0.5) is 4.79 Å². The minimum Gasteiger partial charge on any atom is -0.338 e. The summed E-state index contributed by atoms with van der Waals surface area (Å²) in [6.45, 7) is 0.826. The van der Waals surface area contributed by atoms with Gasteiger partial charge in [-0.25, -0.2) is 4.79 Å². The van der Waals surface area contributed by atoms with E-state index in [4.69, 9.17) is 0 Å². The number of hydrogen-bond donors (Lipinski definition) is 2. The molecule has 0 heterocycles. The lowest BCUT2D eigenvalue weighted by Gasteiger charge is -2.12. The van der Waals surface area contributed by atoms with Gasteiger partial charge in [0.05, 0.1) is 0 Å². The number of aryl methyl sites for hydroxylation is 1. The SMILES string of the molecule is O=C(NC[C@H]1C[C@@]12CCc1ccccc12)NC1CC1. The highest BCUT2D eigenvalue weighted by Crippen LogP contribution is 2.61. The Morgan fingerprint density at radius 3 is 3.00 bits per heavy atom. The van der Waals surface area contributed by atoms with Crippen molar-refractivity contribution in [3.05, 3.63) is 35.4 Å². The summed E-state index contributed by atoms with van der Waals surface area (Å²) in [7, 11) is 0. The molecule has 4 rings (SSSR count). The van der Waals surface area contributed by atoms with Gasteiger partial charge in [-0.3, -0.25) is 0 Å². The third-order valence-corrected chi connectivity index (χ3v) is 5.05. The molecule has 0 saturated heterocycles. The molecule has 2 saturated carbocycles. The molecule has 0 radical (unpaired) electrons. The third-order valence-electron chi connectivity index (χ3n) is 5.05. The highest BCUT2D eigenvalue weighted by molar-refractivity contribution is 5.74. The second-order valence-corrected chi connectivity index (χ2v) is 6.34. The van der Waals surface area contributed by atoms with Crippen LogP contribution in [-0.2, 0) is 11.8 Å². The molecule has 1 aromatic carbocycles. The van der Waals surface area contributed by atoms with Gasteiger partial charge in [-0.2, -0.15) is 0 Å².